The largest absolute Gasteiger partial charge is 0.389 e. The summed E-state index contributed by atoms with van der Waals surface area (Å²) in [6, 6.07) is 3.23. The molecule has 0 aliphatic carbocycles. The Morgan fingerprint density at radius 3 is 2.58 bits per heavy atom. The van der Waals surface area contributed by atoms with Gasteiger partial charge in [-0.25, -0.2) is 4.39 Å². The van der Waals surface area contributed by atoms with Crippen molar-refractivity contribution in [2.45, 2.75) is 33.8 Å². The fourth-order valence-electron chi connectivity index (χ4n) is 2.06. The molecule has 0 spiro atoms. The summed E-state index contributed by atoms with van der Waals surface area (Å²) in [5.74, 6) is -0.277. The summed E-state index contributed by atoms with van der Waals surface area (Å²) in [6.07, 6.45) is -0.689. The molecule has 0 aliphatic heterocycles. The molecule has 1 unspecified atom stereocenters. The number of benzene rings is 1. The van der Waals surface area contributed by atoms with Gasteiger partial charge in [-0.2, -0.15) is 0 Å². The van der Waals surface area contributed by atoms with Gasteiger partial charge in [0, 0.05) is 30.9 Å². The number of halogens is 1. The van der Waals surface area contributed by atoms with Crippen LogP contribution in [0.4, 0.5) is 10.1 Å². The van der Waals surface area contributed by atoms with Gasteiger partial charge in [0.25, 0.3) is 0 Å². The second-order valence-corrected chi connectivity index (χ2v) is 4.61. The molecule has 0 saturated carbocycles. The number of aliphatic hydroxyl groups is 1. The van der Waals surface area contributed by atoms with Crippen LogP contribution in [0.1, 0.15) is 38.0 Å². The van der Waals surface area contributed by atoms with Crippen molar-refractivity contribution in [3.05, 3.63) is 29.1 Å². The molecule has 0 heterocycles. The molecular weight excluding hydrogens is 245 g/mol. The number of likely N-dealkylation sites (N-methyl/N-ethyl adjacent to an activating group) is 1. The molecule has 1 N–H and O–H groups in total. The number of hydrogen-bond acceptors (Lipinski definition) is 3. The van der Waals surface area contributed by atoms with E-state index in [4.69, 9.17) is 4.74 Å². The molecule has 0 fully saturated rings. The number of nitrogens with zero attached hydrogens (tertiary/aromatic N) is 1. The van der Waals surface area contributed by atoms with Crippen molar-refractivity contribution in [3.8, 4) is 0 Å². The quantitative estimate of drug-likeness (QED) is 0.772. The highest BCUT2D eigenvalue weighted by Gasteiger charge is 2.16. The zero-order chi connectivity index (χ0) is 14.4. The lowest BCUT2D eigenvalue weighted by Crippen LogP contribution is -2.28. The van der Waals surface area contributed by atoms with E-state index in [9.17, 15) is 9.50 Å². The summed E-state index contributed by atoms with van der Waals surface area (Å²) in [7, 11) is 0. The molecule has 0 saturated heterocycles. The number of hydrogen-bond donors (Lipinski definition) is 1. The van der Waals surface area contributed by atoms with Crippen LogP contribution in [-0.4, -0.2) is 31.4 Å². The first-order chi connectivity index (χ1) is 9.01. The predicted molar refractivity (Wildman–Crippen MR) is 76.2 cm³/mol. The molecule has 0 bridgehead atoms. The minimum Gasteiger partial charge on any atom is -0.389 e. The molecule has 1 rings (SSSR count). The van der Waals surface area contributed by atoms with Gasteiger partial charge in [-0.15, -0.1) is 0 Å². The van der Waals surface area contributed by atoms with Crippen LogP contribution < -0.4 is 4.90 Å². The van der Waals surface area contributed by atoms with Gasteiger partial charge < -0.3 is 14.7 Å². The van der Waals surface area contributed by atoms with Crippen LogP contribution in [0.2, 0.25) is 0 Å². The molecule has 4 heteroatoms. The Bertz CT molecular complexity index is 407. The summed E-state index contributed by atoms with van der Waals surface area (Å²) >= 11 is 0. The number of rotatable bonds is 7. The van der Waals surface area contributed by atoms with Crippen LogP contribution in [0.3, 0.4) is 0 Å². The minimum absolute atomic E-state index is 0.277. The van der Waals surface area contributed by atoms with Crippen molar-refractivity contribution in [1.29, 1.82) is 0 Å². The first kappa shape index (κ1) is 15.9. The first-order valence-corrected chi connectivity index (χ1v) is 6.82. The third-order valence-corrected chi connectivity index (χ3v) is 3.19. The Balaban J connectivity index is 3.03. The van der Waals surface area contributed by atoms with E-state index in [1.165, 1.54) is 6.07 Å². The molecule has 0 aliphatic rings. The summed E-state index contributed by atoms with van der Waals surface area (Å²) in [6.45, 7) is 10.2. The van der Waals surface area contributed by atoms with E-state index in [1.54, 1.807) is 19.9 Å². The lowest BCUT2D eigenvalue weighted by molar-refractivity contribution is 0.153. The smallest absolute Gasteiger partial charge is 0.126 e. The van der Waals surface area contributed by atoms with Crippen molar-refractivity contribution >= 4 is 5.69 Å². The van der Waals surface area contributed by atoms with E-state index in [0.29, 0.717) is 24.3 Å². The monoisotopic (exact) mass is 269 g/mol. The molecule has 0 amide bonds. The van der Waals surface area contributed by atoms with Gasteiger partial charge in [0.1, 0.15) is 5.82 Å². The second-order valence-electron chi connectivity index (χ2n) is 4.61. The van der Waals surface area contributed by atoms with Crippen molar-refractivity contribution in [1.82, 2.24) is 0 Å². The Hall–Kier alpha value is -1.13. The average Bonchev–Trinajstić information content (AvgIpc) is 2.37. The average molecular weight is 269 g/mol. The highest BCUT2D eigenvalue weighted by Crippen LogP contribution is 2.29. The van der Waals surface area contributed by atoms with Crippen molar-refractivity contribution in [2.75, 3.05) is 31.2 Å². The third kappa shape index (κ3) is 4.18. The van der Waals surface area contributed by atoms with Gasteiger partial charge >= 0.3 is 0 Å². The van der Waals surface area contributed by atoms with E-state index in [-0.39, 0.29) is 5.82 Å². The van der Waals surface area contributed by atoms with E-state index in [0.717, 1.165) is 18.8 Å². The van der Waals surface area contributed by atoms with Gasteiger partial charge in [-0.3, -0.25) is 0 Å². The number of anilines is 1. The molecule has 0 aromatic heterocycles. The Morgan fingerprint density at radius 1 is 1.37 bits per heavy atom. The third-order valence-electron chi connectivity index (χ3n) is 3.19. The Morgan fingerprint density at radius 2 is 2.05 bits per heavy atom. The lowest BCUT2D eigenvalue weighted by atomic mass is 10.0. The number of aliphatic hydroxyl groups excluding tert-OH is 1. The van der Waals surface area contributed by atoms with Crippen LogP contribution in [0.15, 0.2) is 12.1 Å². The summed E-state index contributed by atoms with van der Waals surface area (Å²) in [4.78, 5) is 2.10. The molecule has 1 atom stereocenters. The summed E-state index contributed by atoms with van der Waals surface area (Å²) in [5.41, 5.74) is 2.10. The topological polar surface area (TPSA) is 32.7 Å². The zero-order valence-corrected chi connectivity index (χ0v) is 12.2. The highest BCUT2D eigenvalue weighted by atomic mass is 19.1. The molecule has 108 valence electrons. The van der Waals surface area contributed by atoms with Crippen LogP contribution in [-0.2, 0) is 4.74 Å². The SMILES string of the molecule is CCOCCN(CC)c1cc(C)c(F)cc1C(C)O. The standard InChI is InChI=1S/C15H24FNO2/c1-5-17(7-8-19-6-2)15-9-11(3)14(16)10-13(15)12(4)18/h9-10,12,18H,5-8H2,1-4H3. The highest BCUT2D eigenvalue weighted by molar-refractivity contribution is 5.56. The maximum atomic E-state index is 13.6. The lowest BCUT2D eigenvalue weighted by Gasteiger charge is -2.27. The minimum atomic E-state index is -0.689. The van der Waals surface area contributed by atoms with Crippen LogP contribution >= 0.6 is 0 Å². The normalized spacial score (nSPS) is 12.5. The van der Waals surface area contributed by atoms with E-state index < -0.39 is 6.10 Å². The van der Waals surface area contributed by atoms with Crippen LogP contribution in [0.5, 0.6) is 0 Å². The first-order valence-electron chi connectivity index (χ1n) is 6.82. The summed E-state index contributed by atoms with van der Waals surface area (Å²) < 4.78 is 19.0. The molecule has 19 heavy (non-hydrogen) atoms. The van der Waals surface area contributed by atoms with Gasteiger partial charge in [0.05, 0.1) is 12.7 Å². The molecule has 3 nitrogen and oxygen atoms in total. The van der Waals surface area contributed by atoms with E-state index >= 15 is 0 Å². The van der Waals surface area contributed by atoms with Gasteiger partial charge in [-0.05, 0) is 45.4 Å². The van der Waals surface area contributed by atoms with Crippen molar-refractivity contribution in [2.24, 2.45) is 0 Å². The van der Waals surface area contributed by atoms with Crippen LogP contribution in [0.25, 0.3) is 0 Å². The fraction of sp³-hybridized carbons (Fsp3) is 0.600. The van der Waals surface area contributed by atoms with Crippen LogP contribution in [0, 0.1) is 12.7 Å². The Labute approximate surface area is 115 Å². The maximum Gasteiger partial charge on any atom is 0.126 e. The van der Waals surface area contributed by atoms with Gasteiger partial charge in [-0.1, -0.05) is 0 Å². The van der Waals surface area contributed by atoms with Gasteiger partial charge in [0.15, 0.2) is 0 Å². The second kappa shape index (κ2) is 7.46. The number of ether oxygens (including phenoxy) is 1. The molecule has 1 aromatic rings. The number of aryl methyl sites for hydroxylation is 1. The van der Waals surface area contributed by atoms with E-state index in [2.05, 4.69) is 4.90 Å². The molecule has 0 radical (unpaired) electrons. The predicted octanol–water partition coefficient (Wildman–Crippen LogP) is 3.05. The van der Waals surface area contributed by atoms with Crippen molar-refractivity contribution in [3.63, 3.8) is 0 Å². The molecular formula is C15H24FNO2. The van der Waals surface area contributed by atoms with E-state index in [1.807, 2.05) is 13.8 Å². The van der Waals surface area contributed by atoms with Gasteiger partial charge in [0.2, 0.25) is 0 Å². The molecule has 1 aromatic carbocycles. The fourth-order valence-corrected chi connectivity index (χ4v) is 2.06. The zero-order valence-electron chi connectivity index (χ0n) is 12.2. The maximum absolute atomic E-state index is 13.6. The Kier molecular flexibility index (Phi) is 6.25. The van der Waals surface area contributed by atoms with Crippen molar-refractivity contribution < 1.29 is 14.2 Å². The summed E-state index contributed by atoms with van der Waals surface area (Å²) in [5, 5.41) is 9.81.